The number of benzene rings is 2. The first-order valence-electron chi connectivity index (χ1n) is 8.26. The van der Waals surface area contributed by atoms with Gasteiger partial charge in [0.25, 0.3) is 0 Å². The number of nitrogens with zero attached hydrogens (tertiary/aromatic N) is 1. The molecule has 4 heteroatoms. The first-order valence-corrected chi connectivity index (χ1v) is 8.64. The molecule has 3 nitrogen and oxygen atoms in total. The fraction of sp³-hybridized carbons (Fsp3) is 0.190. The van der Waals surface area contributed by atoms with Gasteiger partial charge in [-0.25, -0.2) is 4.98 Å². The number of rotatable bonds is 6. The summed E-state index contributed by atoms with van der Waals surface area (Å²) in [6.45, 7) is 2.45. The van der Waals surface area contributed by atoms with Gasteiger partial charge >= 0.3 is 0 Å². The molecule has 2 aromatic carbocycles. The molecule has 128 valence electrons. The molecule has 3 rings (SSSR count). The second-order valence-corrected chi connectivity index (χ2v) is 6.14. The molecule has 0 aliphatic rings. The third kappa shape index (κ3) is 4.45. The van der Waals surface area contributed by atoms with Crippen LogP contribution in [0.1, 0.15) is 29.8 Å². The van der Waals surface area contributed by atoms with Crippen LogP contribution in [-0.4, -0.2) is 23.3 Å². The first-order chi connectivity index (χ1) is 12.2. The van der Waals surface area contributed by atoms with Crippen LogP contribution in [0.3, 0.4) is 0 Å². The van der Waals surface area contributed by atoms with E-state index in [0.29, 0.717) is 11.6 Å². The van der Waals surface area contributed by atoms with Crippen molar-refractivity contribution in [1.29, 1.82) is 0 Å². The van der Waals surface area contributed by atoms with E-state index in [-0.39, 0.29) is 12.7 Å². The van der Waals surface area contributed by atoms with Crippen molar-refractivity contribution in [3.8, 4) is 0 Å². The molecule has 0 unspecified atom stereocenters. The molecule has 25 heavy (non-hydrogen) atoms. The molecule has 0 radical (unpaired) electrons. The van der Waals surface area contributed by atoms with Gasteiger partial charge in [0.05, 0.1) is 17.8 Å². The van der Waals surface area contributed by atoms with Gasteiger partial charge in [-0.1, -0.05) is 48.0 Å². The van der Waals surface area contributed by atoms with Crippen molar-refractivity contribution >= 4 is 34.7 Å². The molecule has 0 bridgehead atoms. The summed E-state index contributed by atoms with van der Waals surface area (Å²) < 4.78 is 5.56. The Morgan fingerprint density at radius 3 is 2.76 bits per heavy atom. The number of hydrogen-bond acceptors (Lipinski definition) is 3. The zero-order valence-corrected chi connectivity index (χ0v) is 14.8. The second-order valence-electron chi connectivity index (χ2n) is 5.70. The molecular formula is C21H20ClNO2. The second kappa shape index (κ2) is 8.26. The van der Waals surface area contributed by atoms with Crippen LogP contribution in [0.15, 0.2) is 54.6 Å². The highest BCUT2D eigenvalue weighted by molar-refractivity contribution is 6.31. The van der Waals surface area contributed by atoms with E-state index >= 15 is 0 Å². The van der Waals surface area contributed by atoms with E-state index < -0.39 is 0 Å². The average molecular weight is 354 g/mol. The fourth-order valence-corrected chi connectivity index (χ4v) is 2.87. The maximum Gasteiger partial charge on any atom is 0.106 e. The van der Waals surface area contributed by atoms with Gasteiger partial charge in [-0.05, 0) is 48.4 Å². The number of fused-ring (bicyclic) bond motifs is 1. The maximum absolute atomic E-state index is 9.47. The molecule has 0 amide bonds. The molecule has 0 aliphatic carbocycles. The number of hydrogen-bond donors (Lipinski definition) is 1. The summed E-state index contributed by atoms with van der Waals surface area (Å²) in [5, 5.41) is 11.2. The van der Waals surface area contributed by atoms with E-state index in [0.717, 1.165) is 27.7 Å². The summed E-state index contributed by atoms with van der Waals surface area (Å²) in [5.74, 6) is 0. The minimum absolute atomic E-state index is 0.0337. The van der Waals surface area contributed by atoms with Crippen LogP contribution in [0.25, 0.3) is 23.1 Å². The maximum atomic E-state index is 9.47. The lowest BCUT2D eigenvalue weighted by atomic mass is 10.1. The predicted octanol–water partition coefficient (Wildman–Crippen LogP) is 5.13. The number of ether oxygens (including phenoxy) is 1. The van der Waals surface area contributed by atoms with Crippen LogP contribution in [0, 0.1) is 0 Å². The van der Waals surface area contributed by atoms with Crippen molar-refractivity contribution in [3.05, 3.63) is 76.4 Å². The van der Waals surface area contributed by atoms with Crippen LogP contribution < -0.4 is 0 Å². The lowest BCUT2D eigenvalue weighted by Crippen LogP contribution is -2.08. The molecule has 0 aliphatic heterocycles. The minimum Gasteiger partial charge on any atom is -0.393 e. The highest BCUT2D eigenvalue weighted by atomic mass is 35.5. The zero-order chi connectivity index (χ0) is 17.6. The molecule has 1 atom stereocenters. The van der Waals surface area contributed by atoms with Crippen LogP contribution in [0.2, 0.25) is 5.02 Å². The Morgan fingerprint density at radius 1 is 1.12 bits per heavy atom. The zero-order valence-electron chi connectivity index (χ0n) is 14.0. The van der Waals surface area contributed by atoms with E-state index in [1.807, 2.05) is 73.7 Å². The van der Waals surface area contributed by atoms with Crippen molar-refractivity contribution < 1.29 is 9.84 Å². The van der Waals surface area contributed by atoms with Crippen molar-refractivity contribution in [2.24, 2.45) is 0 Å². The predicted molar refractivity (Wildman–Crippen MR) is 104 cm³/mol. The molecule has 0 saturated heterocycles. The standard InChI is InChI=1S/C21H20ClNO2/c1-2-25-21(14-24)17-5-3-4-15(12-17)6-10-19-11-8-16-7-9-18(22)13-20(16)23-19/h3-13,21,24H,2,14H2,1H3/t21-/m0/s1. The molecule has 0 saturated carbocycles. The van der Waals surface area contributed by atoms with E-state index in [4.69, 9.17) is 16.3 Å². The minimum atomic E-state index is -0.292. The average Bonchev–Trinajstić information content (AvgIpc) is 2.64. The number of aliphatic hydroxyl groups is 1. The highest BCUT2D eigenvalue weighted by Crippen LogP contribution is 2.21. The van der Waals surface area contributed by atoms with Gasteiger partial charge in [-0.15, -0.1) is 0 Å². The number of aromatic nitrogens is 1. The lowest BCUT2D eigenvalue weighted by molar-refractivity contribution is 0.0189. The van der Waals surface area contributed by atoms with E-state index in [1.165, 1.54) is 0 Å². The number of halogens is 1. The Morgan fingerprint density at radius 2 is 1.96 bits per heavy atom. The Labute approximate surface area is 152 Å². The summed E-state index contributed by atoms with van der Waals surface area (Å²) in [5.41, 5.74) is 3.73. The quantitative estimate of drug-likeness (QED) is 0.668. The van der Waals surface area contributed by atoms with Gasteiger partial charge in [0.2, 0.25) is 0 Å². The van der Waals surface area contributed by atoms with Crippen molar-refractivity contribution in [3.63, 3.8) is 0 Å². The smallest absolute Gasteiger partial charge is 0.106 e. The van der Waals surface area contributed by atoms with Crippen molar-refractivity contribution in [2.45, 2.75) is 13.0 Å². The van der Waals surface area contributed by atoms with Crippen molar-refractivity contribution in [2.75, 3.05) is 13.2 Å². The summed E-state index contributed by atoms with van der Waals surface area (Å²) in [6.07, 6.45) is 3.68. The summed E-state index contributed by atoms with van der Waals surface area (Å²) >= 11 is 6.04. The summed E-state index contributed by atoms with van der Waals surface area (Å²) in [7, 11) is 0. The van der Waals surface area contributed by atoms with Gasteiger partial charge in [0.1, 0.15) is 6.10 Å². The van der Waals surface area contributed by atoms with Crippen LogP contribution in [-0.2, 0) is 4.74 Å². The monoisotopic (exact) mass is 353 g/mol. The van der Waals surface area contributed by atoms with Gasteiger partial charge < -0.3 is 9.84 Å². The van der Waals surface area contributed by atoms with Gasteiger partial charge in [0, 0.05) is 17.0 Å². The number of aliphatic hydroxyl groups excluding tert-OH is 1. The highest BCUT2D eigenvalue weighted by Gasteiger charge is 2.09. The topological polar surface area (TPSA) is 42.4 Å². The van der Waals surface area contributed by atoms with Crippen molar-refractivity contribution in [1.82, 2.24) is 4.98 Å². The molecule has 3 aromatic rings. The third-order valence-corrected chi connectivity index (χ3v) is 4.17. The molecule has 1 heterocycles. The molecule has 0 spiro atoms. The lowest BCUT2D eigenvalue weighted by Gasteiger charge is -2.14. The Hall–Kier alpha value is -2.20. The summed E-state index contributed by atoms with van der Waals surface area (Å²) in [6, 6.07) is 17.7. The normalized spacial score (nSPS) is 12.8. The fourth-order valence-electron chi connectivity index (χ4n) is 2.70. The molecule has 0 fully saturated rings. The van der Waals surface area contributed by atoms with E-state index in [1.54, 1.807) is 0 Å². The van der Waals surface area contributed by atoms with Crippen LogP contribution >= 0.6 is 11.6 Å². The Balaban J connectivity index is 1.84. The first kappa shape index (κ1) is 17.6. The van der Waals surface area contributed by atoms with Crippen LogP contribution in [0.4, 0.5) is 0 Å². The van der Waals surface area contributed by atoms with E-state index in [9.17, 15) is 5.11 Å². The largest absolute Gasteiger partial charge is 0.393 e. The molecule has 1 aromatic heterocycles. The van der Waals surface area contributed by atoms with Crippen LogP contribution in [0.5, 0.6) is 0 Å². The SMILES string of the molecule is CCO[C@@H](CO)c1cccc(C=Cc2ccc3ccc(Cl)cc3n2)c1. The molecular weight excluding hydrogens is 334 g/mol. The van der Waals surface area contributed by atoms with Gasteiger partial charge in [0.15, 0.2) is 0 Å². The Kier molecular flexibility index (Phi) is 5.82. The van der Waals surface area contributed by atoms with E-state index in [2.05, 4.69) is 4.98 Å². The Bertz CT molecular complexity index is 892. The van der Waals surface area contributed by atoms with Gasteiger partial charge in [-0.2, -0.15) is 0 Å². The number of pyridine rings is 1. The third-order valence-electron chi connectivity index (χ3n) is 3.94. The molecule has 1 N–H and O–H groups in total. The van der Waals surface area contributed by atoms with Gasteiger partial charge in [-0.3, -0.25) is 0 Å². The summed E-state index contributed by atoms with van der Waals surface area (Å²) in [4.78, 5) is 4.62.